The van der Waals surface area contributed by atoms with E-state index in [4.69, 9.17) is 9.47 Å². The normalized spacial score (nSPS) is 25.3. The van der Waals surface area contributed by atoms with Gasteiger partial charge >= 0.3 is 11.9 Å². The predicted octanol–water partition coefficient (Wildman–Crippen LogP) is 9.72. The average Bonchev–Trinajstić information content (AvgIpc) is 3.04. The maximum atomic E-state index is 14.2. The van der Waals surface area contributed by atoms with E-state index >= 15 is 0 Å². The van der Waals surface area contributed by atoms with Gasteiger partial charge in [-0.3, -0.25) is 0 Å². The maximum absolute atomic E-state index is 14.2. The van der Waals surface area contributed by atoms with Crippen molar-refractivity contribution < 1.29 is 19.1 Å². The molecule has 0 radical (unpaired) electrons. The van der Waals surface area contributed by atoms with Gasteiger partial charge in [-0.1, -0.05) is 145 Å². The number of benzene rings is 3. The van der Waals surface area contributed by atoms with Crippen LogP contribution in [0, 0.1) is 23.7 Å². The van der Waals surface area contributed by atoms with E-state index < -0.39 is 11.9 Å². The fraction of sp³-hybridized carbons (Fsp3) is 0.476. The Morgan fingerprint density at radius 2 is 0.957 bits per heavy atom. The molecule has 4 heteroatoms. The fourth-order valence-corrected chi connectivity index (χ4v) is 8.05. The lowest BCUT2D eigenvalue weighted by atomic mass is 9.64. The molecule has 0 N–H and O–H groups in total. The highest BCUT2D eigenvalue weighted by Crippen LogP contribution is 2.45. The molecule has 2 aliphatic rings. The third-order valence-corrected chi connectivity index (χ3v) is 11.1. The molecule has 0 unspecified atom stereocenters. The summed E-state index contributed by atoms with van der Waals surface area (Å²) in [7, 11) is 0. The van der Waals surface area contributed by atoms with Crippen molar-refractivity contribution in [2.75, 3.05) is 0 Å². The Bertz CT molecular complexity index is 1380. The van der Waals surface area contributed by atoms with Crippen LogP contribution in [-0.2, 0) is 29.9 Å². The van der Waals surface area contributed by atoms with Crippen molar-refractivity contribution in [3.05, 3.63) is 113 Å². The molecule has 6 atom stereocenters. The fourth-order valence-electron chi connectivity index (χ4n) is 8.05. The Kier molecular flexibility index (Phi) is 10.6. The topological polar surface area (TPSA) is 52.6 Å². The standard InChI is InChI=1S/C42H52O4/c1-29-22-24-35(41(3,4)32-18-12-8-13-19-32)37(26-29)45-39(43)34(28-31-16-10-7-11-17-31)40(44)46-38-27-30(2)23-25-36(38)42(5,6)33-20-14-9-15-21-33/h7-21,28-30,35-38H,22-27H2,1-6H3/t29-,30-,35-,36-,37-,38-/m1/s1. The van der Waals surface area contributed by atoms with E-state index in [-0.39, 0.29) is 40.4 Å². The second-order valence-electron chi connectivity index (χ2n) is 15.1. The van der Waals surface area contributed by atoms with Gasteiger partial charge in [0.1, 0.15) is 17.8 Å². The molecule has 2 saturated carbocycles. The summed E-state index contributed by atoms with van der Waals surface area (Å²) in [4.78, 5) is 28.4. The molecule has 2 aliphatic carbocycles. The van der Waals surface area contributed by atoms with Gasteiger partial charge < -0.3 is 9.47 Å². The highest BCUT2D eigenvalue weighted by atomic mass is 16.6. The van der Waals surface area contributed by atoms with Crippen LogP contribution < -0.4 is 0 Å². The van der Waals surface area contributed by atoms with Crippen LogP contribution in [0.2, 0.25) is 0 Å². The van der Waals surface area contributed by atoms with Crippen LogP contribution in [0.15, 0.2) is 96.6 Å². The molecule has 0 spiro atoms. The van der Waals surface area contributed by atoms with Crippen molar-refractivity contribution in [1.82, 2.24) is 0 Å². The first kappa shape index (κ1) is 33.7. The molecule has 0 amide bonds. The third-order valence-electron chi connectivity index (χ3n) is 11.1. The Morgan fingerprint density at radius 3 is 1.35 bits per heavy atom. The van der Waals surface area contributed by atoms with E-state index in [0.717, 1.165) is 44.1 Å². The molecule has 0 aliphatic heterocycles. The van der Waals surface area contributed by atoms with Gasteiger partial charge in [0.2, 0.25) is 0 Å². The molecule has 5 rings (SSSR count). The molecule has 0 saturated heterocycles. The zero-order valence-corrected chi connectivity index (χ0v) is 28.6. The first-order valence-corrected chi connectivity index (χ1v) is 17.3. The van der Waals surface area contributed by atoms with Gasteiger partial charge in [0.25, 0.3) is 0 Å². The molecule has 3 aromatic carbocycles. The summed E-state index contributed by atoms with van der Waals surface area (Å²) in [5, 5.41) is 0. The Labute approximate surface area is 276 Å². The van der Waals surface area contributed by atoms with Gasteiger partial charge in [-0.25, -0.2) is 9.59 Å². The second-order valence-corrected chi connectivity index (χ2v) is 15.1. The molecule has 3 aromatic rings. The summed E-state index contributed by atoms with van der Waals surface area (Å²) in [6.07, 6.45) is 6.67. The SMILES string of the molecule is C[C@@H]1CC[C@@H](C(C)(C)c2ccccc2)[C@H](OC(=O)C(=Cc2ccccc2)C(=O)O[C@@H]2C[C@H](C)CC[C@H]2C(C)(C)c2ccccc2)C1. The van der Waals surface area contributed by atoms with E-state index in [9.17, 15) is 9.59 Å². The number of hydrogen-bond donors (Lipinski definition) is 0. The molecular formula is C42H52O4. The van der Waals surface area contributed by atoms with Gasteiger partial charge in [-0.2, -0.15) is 0 Å². The van der Waals surface area contributed by atoms with Gasteiger partial charge in [0.15, 0.2) is 0 Å². The van der Waals surface area contributed by atoms with Crippen LogP contribution in [-0.4, -0.2) is 24.1 Å². The molecule has 46 heavy (non-hydrogen) atoms. The lowest BCUT2D eigenvalue weighted by molar-refractivity contribution is -0.160. The van der Waals surface area contributed by atoms with E-state index in [1.54, 1.807) is 6.08 Å². The number of carbonyl (C=O) groups is 2. The number of ether oxygens (including phenoxy) is 2. The van der Waals surface area contributed by atoms with Crippen LogP contribution in [0.5, 0.6) is 0 Å². The van der Waals surface area contributed by atoms with Crippen LogP contribution in [0.25, 0.3) is 6.08 Å². The van der Waals surface area contributed by atoms with Crippen molar-refractivity contribution in [3.63, 3.8) is 0 Å². The number of esters is 2. The highest BCUT2D eigenvalue weighted by Gasteiger charge is 2.45. The second kappa shape index (κ2) is 14.4. The van der Waals surface area contributed by atoms with Crippen LogP contribution in [0.4, 0.5) is 0 Å². The third kappa shape index (κ3) is 7.65. The lowest BCUT2D eigenvalue weighted by Crippen LogP contribution is -2.45. The minimum Gasteiger partial charge on any atom is -0.458 e. The van der Waals surface area contributed by atoms with Gasteiger partial charge in [-0.15, -0.1) is 0 Å². The van der Waals surface area contributed by atoms with Crippen LogP contribution in [0.3, 0.4) is 0 Å². The first-order valence-electron chi connectivity index (χ1n) is 17.3. The van der Waals surface area contributed by atoms with E-state index in [1.807, 2.05) is 42.5 Å². The lowest BCUT2D eigenvalue weighted by Gasteiger charge is -2.44. The Hall–Kier alpha value is -3.66. The Balaban J connectivity index is 1.43. The summed E-state index contributed by atoms with van der Waals surface area (Å²) < 4.78 is 12.8. The summed E-state index contributed by atoms with van der Waals surface area (Å²) in [6.45, 7) is 13.4. The zero-order chi connectivity index (χ0) is 32.9. The minimum absolute atomic E-state index is 0.0322. The molecule has 2 fully saturated rings. The summed E-state index contributed by atoms with van der Waals surface area (Å²) in [5.41, 5.74) is 2.79. The quantitative estimate of drug-likeness (QED) is 0.103. The van der Waals surface area contributed by atoms with Gasteiger partial charge in [0, 0.05) is 11.8 Å². The highest BCUT2D eigenvalue weighted by molar-refractivity contribution is 6.17. The molecule has 0 bridgehead atoms. The first-order chi connectivity index (χ1) is 22.0. The van der Waals surface area contributed by atoms with Crippen molar-refractivity contribution in [3.8, 4) is 0 Å². The smallest absolute Gasteiger partial charge is 0.345 e. The maximum Gasteiger partial charge on any atom is 0.345 e. The monoisotopic (exact) mass is 620 g/mol. The average molecular weight is 621 g/mol. The summed E-state index contributed by atoms with van der Waals surface area (Å²) in [5.74, 6) is -0.0784. The zero-order valence-electron chi connectivity index (χ0n) is 28.6. The largest absolute Gasteiger partial charge is 0.458 e. The van der Waals surface area contributed by atoms with Gasteiger partial charge in [-0.05, 0) is 71.1 Å². The van der Waals surface area contributed by atoms with Crippen molar-refractivity contribution in [1.29, 1.82) is 0 Å². The van der Waals surface area contributed by atoms with Crippen molar-refractivity contribution >= 4 is 18.0 Å². The molecular weight excluding hydrogens is 568 g/mol. The van der Waals surface area contributed by atoms with Crippen LogP contribution in [0.1, 0.15) is 96.8 Å². The van der Waals surface area contributed by atoms with Crippen LogP contribution >= 0.6 is 0 Å². The van der Waals surface area contributed by atoms with Crippen molar-refractivity contribution in [2.24, 2.45) is 23.7 Å². The molecule has 0 aromatic heterocycles. The number of carbonyl (C=O) groups excluding carboxylic acids is 2. The Morgan fingerprint density at radius 1 is 0.587 bits per heavy atom. The number of rotatable bonds is 9. The van der Waals surface area contributed by atoms with Crippen molar-refractivity contribution in [2.45, 2.75) is 103 Å². The minimum atomic E-state index is -0.593. The molecule has 0 heterocycles. The number of hydrogen-bond acceptors (Lipinski definition) is 4. The summed E-state index contributed by atoms with van der Waals surface area (Å²) >= 11 is 0. The van der Waals surface area contributed by atoms with E-state index in [1.165, 1.54) is 11.1 Å². The van der Waals surface area contributed by atoms with E-state index in [2.05, 4.69) is 90.1 Å². The molecule has 4 nitrogen and oxygen atoms in total. The predicted molar refractivity (Wildman–Crippen MR) is 186 cm³/mol. The molecule has 244 valence electrons. The van der Waals surface area contributed by atoms with Gasteiger partial charge in [0.05, 0.1) is 0 Å². The summed E-state index contributed by atoms with van der Waals surface area (Å²) in [6, 6.07) is 30.5. The van der Waals surface area contributed by atoms with E-state index in [0.29, 0.717) is 11.8 Å².